The van der Waals surface area contributed by atoms with Gasteiger partial charge in [-0.3, -0.25) is 9.59 Å². The summed E-state index contributed by atoms with van der Waals surface area (Å²) in [5, 5.41) is 14.8. The minimum atomic E-state index is -0.307. The van der Waals surface area contributed by atoms with Gasteiger partial charge in [0.15, 0.2) is 5.58 Å². The van der Waals surface area contributed by atoms with Crippen LogP contribution >= 0.6 is 0 Å². The van der Waals surface area contributed by atoms with E-state index in [2.05, 4.69) is 10.3 Å². The van der Waals surface area contributed by atoms with Gasteiger partial charge in [0.25, 0.3) is 5.56 Å². The van der Waals surface area contributed by atoms with Gasteiger partial charge in [-0.15, -0.1) is 0 Å². The molecule has 0 saturated carbocycles. The Morgan fingerprint density at radius 2 is 1.89 bits per heavy atom. The number of fused-ring (bicyclic) bond motifs is 3. The summed E-state index contributed by atoms with van der Waals surface area (Å²) in [7, 11) is 0. The second-order valence-corrected chi connectivity index (χ2v) is 6.54. The molecule has 0 aliphatic rings. The number of rotatable bonds is 3. The van der Waals surface area contributed by atoms with Gasteiger partial charge >= 0.3 is 0 Å². The maximum absolute atomic E-state index is 12.1. The lowest BCUT2D eigenvalue weighted by molar-refractivity contribution is -0.119. The molecule has 2 heterocycles. The van der Waals surface area contributed by atoms with Crippen molar-refractivity contribution in [2.45, 2.75) is 19.9 Å². The second-order valence-electron chi connectivity index (χ2n) is 6.54. The first-order chi connectivity index (χ1) is 13.0. The number of carbonyl (C=O) groups excluding carboxylic acids is 1. The van der Waals surface area contributed by atoms with E-state index in [0.717, 1.165) is 16.5 Å². The minimum absolute atomic E-state index is 0.0930. The van der Waals surface area contributed by atoms with E-state index < -0.39 is 0 Å². The maximum Gasteiger partial charge on any atom is 0.292 e. The molecule has 0 fully saturated rings. The molecule has 136 valence electrons. The summed E-state index contributed by atoms with van der Waals surface area (Å²) in [4.78, 5) is 26.2. The van der Waals surface area contributed by atoms with Gasteiger partial charge in [0.05, 0.1) is 17.8 Å². The molecule has 6 nitrogen and oxygen atoms in total. The highest BCUT2D eigenvalue weighted by molar-refractivity contribution is 6.12. The molecule has 1 unspecified atom stereocenters. The van der Waals surface area contributed by atoms with Crippen molar-refractivity contribution in [2.24, 2.45) is 0 Å². The van der Waals surface area contributed by atoms with Crippen LogP contribution in [0.3, 0.4) is 0 Å². The lowest BCUT2D eigenvalue weighted by Gasteiger charge is -2.15. The molecule has 2 aromatic carbocycles. The van der Waals surface area contributed by atoms with E-state index in [1.54, 1.807) is 18.2 Å². The number of pyridine rings is 1. The number of amides is 1. The molecule has 0 spiro atoms. The first-order valence-corrected chi connectivity index (χ1v) is 8.58. The number of benzene rings is 2. The summed E-state index contributed by atoms with van der Waals surface area (Å²) in [5.41, 5.74) is 2.91. The molecule has 0 aliphatic carbocycles. The number of H-pyrrole nitrogens is 1. The van der Waals surface area contributed by atoms with E-state index in [0.29, 0.717) is 16.5 Å². The standard InChI is InChI=1S/C21H18N2O4/c1-11(22-12(2)24)13-3-5-14(6-4-13)18-17(25)8-7-16-19(18)15-9-10-27-20(15)21(26)23-16/h3-11,25H,1-2H3,(H,22,24)(H,23,26). The molecule has 2 aromatic heterocycles. The predicted octanol–water partition coefficient (Wildman–Crippen LogP) is 3.84. The maximum atomic E-state index is 12.1. The van der Waals surface area contributed by atoms with Crippen molar-refractivity contribution in [2.75, 3.05) is 0 Å². The average molecular weight is 362 g/mol. The number of nitrogens with one attached hydrogen (secondary N) is 2. The van der Waals surface area contributed by atoms with Gasteiger partial charge in [-0.2, -0.15) is 0 Å². The van der Waals surface area contributed by atoms with E-state index in [1.807, 2.05) is 31.2 Å². The van der Waals surface area contributed by atoms with Crippen molar-refractivity contribution in [3.63, 3.8) is 0 Å². The largest absolute Gasteiger partial charge is 0.507 e. The van der Waals surface area contributed by atoms with Gasteiger partial charge in [0, 0.05) is 23.3 Å². The molecule has 1 amide bonds. The van der Waals surface area contributed by atoms with Crippen LogP contribution in [0.1, 0.15) is 25.5 Å². The van der Waals surface area contributed by atoms with Crippen molar-refractivity contribution < 1.29 is 14.3 Å². The van der Waals surface area contributed by atoms with E-state index in [9.17, 15) is 14.7 Å². The van der Waals surface area contributed by atoms with Crippen LogP contribution in [0.2, 0.25) is 0 Å². The molecule has 4 aromatic rings. The highest BCUT2D eigenvalue weighted by atomic mass is 16.3. The lowest BCUT2D eigenvalue weighted by atomic mass is 9.95. The molecule has 0 bridgehead atoms. The molecule has 6 heteroatoms. The normalized spacial score (nSPS) is 12.4. The highest BCUT2D eigenvalue weighted by Crippen LogP contribution is 2.39. The Bertz CT molecular complexity index is 1220. The Kier molecular flexibility index (Phi) is 3.96. The molecule has 0 radical (unpaired) electrons. The smallest absolute Gasteiger partial charge is 0.292 e. The van der Waals surface area contributed by atoms with Crippen LogP contribution in [-0.4, -0.2) is 16.0 Å². The number of carbonyl (C=O) groups is 1. The van der Waals surface area contributed by atoms with Crippen LogP contribution in [0.4, 0.5) is 0 Å². The SMILES string of the molecule is CC(=O)NC(C)c1ccc(-c2c(O)ccc3[nH]c(=O)c4occc4c23)cc1. The quantitative estimate of drug-likeness (QED) is 0.516. The molecule has 1 atom stereocenters. The summed E-state index contributed by atoms with van der Waals surface area (Å²) in [6.07, 6.45) is 1.46. The summed E-state index contributed by atoms with van der Waals surface area (Å²) in [6.45, 7) is 3.39. The van der Waals surface area contributed by atoms with Crippen molar-refractivity contribution >= 4 is 27.8 Å². The molecule has 27 heavy (non-hydrogen) atoms. The molecule has 4 rings (SSSR count). The Hall–Kier alpha value is -3.54. The fourth-order valence-corrected chi connectivity index (χ4v) is 3.46. The first kappa shape index (κ1) is 16.9. The Morgan fingerprint density at radius 3 is 2.59 bits per heavy atom. The van der Waals surface area contributed by atoms with Crippen LogP contribution < -0.4 is 10.9 Å². The second kappa shape index (κ2) is 6.32. The third-order valence-electron chi connectivity index (χ3n) is 4.69. The highest BCUT2D eigenvalue weighted by Gasteiger charge is 2.16. The van der Waals surface area contributed by atoms with Gasteiger partial charge < -0.3 is 19.8 Å². The molecule has 3 N–H and O–H groups in total. The molecular weight excluding hydrogens is 344 g/mol. The first-order valence-electron chi connectivity index (χ1n) is 8.58. The number of phenols is 1. The summed E-state index contributed by atoms with van der Waals surface area (Å²) < 4.78 is 5.31. The minimum Gasteiger partial charge on any atom is -0.507 e. The van der Waals surface area contributed by atoms with Gasteiger partial charge in [0.1, 0.15) is 5.75 Å². The summed E-state index contributed by atoms with van der Waals surface area (Å²) >= 11 is 0. The van der Waals surface area contributed by atoms with Gasteiger partial charge in [0.2, 0.25) is 5.91 Å². The number of aromatic amines is 1. The van der Waals surface area contributed by atoms with Crippen molar-refractivity contribution in [1.82, 2.24) is 10.3 Å². The van der Waals surface area contributed by atoms with E-state index in [4.69, 9.17) is 4.42 Å². The van der Waals surface area contributed by atoms with E-state index in [-0.39, 0.29) is 28.8 Å². The average Bonchev–Trinajstić information content (AvgIpc) is 3.12. The number of furan rings is 1. The number of aromatic nitrogens is 1. The number of hydrogen-bond donors (Lipinski definition) is 3. The van der Waals surface area contributed by atoms with Crippen LogP contribution in [-0.2, 0) is 4.79 Å². The number of hydrogen-bond acceptors (Lipinski definition) is 4. The monoisotopic (exact) mass is 362 g/mol. The third-order valence-corrected chi connectivity index (χ3v) is 4.69. The number of phenolic OH excluding ortho intramolecular Hbond substituents is 1. The summed E-state index contributed by atoms with van der Waals surface area (Å²) in [5.74, 6) is 0.0179. The van der Waals surface area contributed by atoms with Gasteiger partial charge in [-0.25, -0.2) is 0 Å². The zero-order chi connectivity index (χ0) is 19.1. The predicted molar refractivity (Wildman–Crippen MR) is 104 cm³/mol. The summed E-state index contributed by atoms with van der Waals surface area (Å²) in [6, 6.07) is 12.4. The number of aromatic hydroxyl groups is 1. The van der Waals surface area contributed by atoms with Crippen molar-refractivity contribution in [3.8, 4) is 16.9 Å². The third kappa shape index (κ3) is 2.85. The van der Waals surface area contributed by atoms with E-state index >= 15 is 0 Å². The van der Waals surface area contributed by atoms with Crippen LogP contribution in [0.15, 0.2) is 57.9 Å². The van der Waals surface area contributed by atoms with Crippen LogP contribution in [0.25, 0.3) is 33.0 Å². The zero-order valence-corrected chi connectivity index (χ0v) is 14.9. The Morgan fingerprint density at radius 1 is 1.15 bits per heavy atom. The topological polar surface area (TPSA) is 95.3 Å². The molecule has 0 saturated heterocycles. The molecule has 0 aliphatic heterocycles. The van der Waals surface area contributed by atoms with Gasteiger partial charge in [-0.1, -0.05) is 24.3 Å². The van der Waals surface area contributed by atoms with Crippen molar-refractivity contribution in [3.05, 3.63) is 64.6 Å². The Labute approximate surface area is 154 Å². The van der Waals surface area contributed by atoms with Crippen LogP contribution in [0.5, 0.6) is 5.75 Å². The fourth-order valence-electron chi connectivity index (χ4n) is 3.46. The van der Waals surface area contributed by atoms with Crippen molar-refractivity contribution in [1.29, 1.82) is 0 Å². The lowest BCUT2D eigenvalue weighted by Crippen LogP contribution is -2.23. The van der Waals surface area contributed by atoms with Crippen LogP contribution in [0, 0.1) is 0 Å². The van der Waals surface area contributed by atoms with Gasteiger partial charge in [-0.05, 0) is 36.2 Å². The molecular formula is C21H18N2O4. The Balaban J connectivity index is 1.91. The zero-order valence-electron chi connectivity index (χ0n) is 14.9. The van der Waals surface area contributed by atoms with E-state index in [1.165, 1.54) is 13.2 Å². The fraction of sp³-hybridized carbons (Fsp3) is 0.143.